The molecule has 136 valence electrons. The first-order valence-corrected chi connectivity index (χ1v) is 10.5. The number of pyridine rings is 1. The molecule has 1 aliphatic rings. The van der Waals surface area contributed by atoms with Crippen molar-refractivity contribution in [2.45, 2.75) is 90.0 Å². The standard InChI is InChI=1S/C22H39N2/c1-3-4-5-6-7-8-9-10-11-12-18-24(2)19-14-16-22(24)21-15-13-17-23-20-21/h13,15,17,20,22H,3-12,14,16,18-19H2,1-2H3/q+1/t22-,24?/m1/s1. The van der Waals surface area contributed by atoms with Gasteiger partial charge in [0.2, 0.25) is 0 Å². The first-order valence-electron chi connectivity index (χ1n) is 10.5. The Morgan fingerprint density at radius 1 is 1.00 bits per heavy atom. The largest absolute Gasteiger partial charge is 0.320 e. The molecule has 0 saturated carbocycles. The molecule has 0 radical (unpaired) electrons. The molecule has 2 heterocycles. The van der Waals surface area contributed by atoms with E-state index in [9.17, 15) is 0 Å². The highest BCUT2D eigenvalue weighted by molar-refractivity contribution is 5.12. The zero-order valence-corrected chi connectivity index (χ0v) is 16.2. The van der Waals surface area contributed by atoms with Gasteiger partial charge in [0.25, 0.3) is 0 Å². The molecule has 0 N–H and O–H groups in total. The summed E-state index contributed by atoms with van der Waals surface area (Å²) in [5, 5.41) is 0. The lowest BCUT2D eigenvalue weighted by atomic mass is 10.0. The van der Waals surface area contributed by atoms with Crippen molar-refractivity contribution in [1.29, 1.82) is 0 Å². The van der Waals surface area contributed by atoms with Crippen LogP contribution in [0.5, 0.6) is 0 Å². The minimum Gasteiger partial charge on any atom is -0.320 e. The van der Waals surface area contributed by atoms with Crippen molar-refractivity contribution in [3.63, 3.8) is 0 Å². The smallest absolute Gasteiger partial charge is 0.116 e. The number of likely N-dealkylation sites (tertiary alicyclic amines) is 1. The summed E-state index contributed by atoms with van der Waals surface area (Å²) < 4.78 is 1.24. The first-order chi connectivity index (χ1) is 11.8. The number of hydrogen-bond donors (Lipinski definition) is 0. The van der Waals surface area contributed by atoms with Gasteiger partial charge in [0.15, 0.2) is 0 Å². The molecule has 1 aliphatic heterocycles. The quantitative estimate of drug-likeness (QED) is 0.324. The zero-order valence-electron chi connectivity index (χ0n) is 16.2. The Bertz CT molecular complexity index is 431. The SMILES string of the molecule is CCCCCCCCCCCC[N+]1(C)CCC[C@@H]1c1cccnc1. The molecule has 1 aromatic rings. The molecule has 2 atom stereocenters. The molecule has 0 amide bonds. The van der Waals surface area contributed by atoms with E-state index < -0.39 is 0 Å². The van der Waals surface area contributed by atoms with Crippen molar-refractivity contribution in [3.05, 3.63) is 30.1 Å². The molecule has 24 heavy (non-hydrogen) atoms. The van der Waals surface area contributed by atoms with E-state index in [0.717, 1.165) is 0 Å². The van der Waals surface area contributed by atoms with E-state index in [1.165, 1.54) is 100 Å². The van der Waals surface area contributed by atoms with E-state index in [2.05, 4.69) is 37.3 Å². The summed E-state index contributed by atoms with van der Waals surface area (Å²) >= 11 is 0. The van der Waals surface area contributed by atoms with E-state index in [0.29, 0.717) is 6.04 Å². The van der Waals surface area contributed by atoms with Crippen LogP contribution in [0.4, 0.5) is 0 Å². The summed E-state index contributed by atoms with van der Waals surface area (Å²) in [5.74, 6) is 0. The van der Waals surface area contributed by atoms with Gasteiger partial charge in [-0.25, -0.2) is 0 Å². The molecule has 0 bridgehead atoms. The lowest BCUT2D eigenvalue weighted by Crippen LogP contribution is -2.43. The molecule has 2 nitrogen and oxygen atoms in total. The third-order valence-corrected chi connectivity index (χ3v) is 5.99. The summed E-state index contributed by atoms with van der Waals surface area (Å²) in [6.45, 7) is 4.98. The van der Waals surface area contributed by atoms with Gasteiger partial charge in [0.1, 0.15) is 6.04 Å². The molecule has 1 saturated heterocycles. The monoisotopic (exact) mass is 331 g/mol. The fraction of sp³-hybridized carbons (Fsp3) is 0.773. The Balaban J connectivity index is 1.59. The molecule has 2 rings (SSSR count). The van der Waals surface area contributed by atoms with Gasteiger partial charge in [0, 0.05) is 30.8 Å². The maximum absolute atomic E-state index is 4.34. The van der Waals surface area contributed by atoms with Crippen LogP contribution in [0.2, 0.25) is 0 Å². The number of aromatic nitrogens is 1. The molecule has 1 aromatic heterocycles. The minimum atomic E-state index is 0.678. The number of rotatable bonds is 12. The van der Waals surface area contributed by atoms with E-state index in [1.54, 1.807) is 0 Å². The van der Waals surface area contributed by atoms with Crippen LogP contribution in [-0.2, 0) is 0 Å². The van der Waals surface area contributed by atoms with Gasteiger partial charge in [-0.3, -0.25) is 4.98 Å². The normalized spacial score (nSPS) is 23.7. The lowest BCUT2D eigenvalue weighted by molar-refractivity contribution is -0.927. The Hall–Kier alpha value is -0.890. The molecule has 1 unspecified atom stereocenters. The van der Waals surface area contributed by atoms with E-state index in [4.69, 9.17) is 0 Å². The van der Waals surface area contributed by atoms with Gasteiger partial charge in [-0.2, -0.15) is 0 Å². The summed E-state index contributed by atoms with van der Waals surface area (Å²) in [5.41, 5.74) is 1.45. The minimum absolute atomic E-state index is 0.678. The van der Waals surface area contributed by atoms with Crippen LogP contribution in [0.1, 0.15) is 95.6 Å². The second kappa shape index (κ2) is 10.9. The van der Waals surface area contributed by atoms with Crippen molar-refractivity contribution in [2.75, 3.05) is 20.1 Å². The molecule has 0 aromatic carbocycles. The number of nitrogens with zero attached hydrogens (tertiary/aromatic N) is 2. The van der Waals surface area contributed by atoms with E-state index in [-0.39, 0.29) is 0 Å². The highest BCUT2D eigenvalue weighted by Crippen LogP contribution is 2.37. The Morgan fingerprint density at radius 2 is 1.67 bits per heavy atom. The highest BCUT2D eigenvalue weighted by Gasteiger charge is 2.38. The molecular formula is C22H39N2+. The predicted octanol–water partition coefficient (Wildman–Crippen LogP) is 6.28. The summed E-state index contributed by atoms with van der Waals surface area (Å²) in [4.78, 5) is 4.34. The molecule has 0 aliphatic carbocycles. The Morgan fingerprint density at radius 3 is 2.29 bits per heavy atom. The van der Waals surface area contributed by atoms with Crippen LogP contribution in [0, 0.1) is 0 Å². The second-order valence-electron chi connectivity index (χ2n) is 8.05. The lowest BCUT2D eigenvalue weighted by Gasteiger charge is -2.36. The number of quaternary nitrogens is 1. The maximum Gasteiger partial charge on any atom is 0.116 e. The topological polar surface area (TPSA) is 12.9 Å². The summed E-state index contributed by atoms with van der Waals surface area (Å²) in [6.07, 6.45) is 21.0. The average molecular weight is 332 g/mol. The third-order valence-electron chi connectivity index (χ3n) is 5.99. The van der Waals surface area contributed by atoms with Crippen LogP contribution in [-0.4, -0.2) is 29.6 Å². The van der Waals surface area contributed by atoms with Crippen molar-refractivity contribution >= 4 is 0 Å². The van der Waals surface area contributed by atoms with Crippen molar-refractivity contribution in [1.82, 2.24) is 4.98 Å². The fourth-order valence-electron chi connectivity index (χ4n) is 4.44. The van der Waals surface area contributed by atoms with Crippen molar-refractivity contribution in [3.8, 4) is 0 Å². The number of unbranched alkanes of at least 4 members (excludes halogenated alkanes) is 9. The second-order valence-corrected chi connectivity index (χ2v) is 8.05. The van der Waals surface area contributed by atoms with Crippen LogP contribution < -0.4 is 0 Å². The highest BCUT2D eigenvalue weighted by atomic mass is 15.4. The van der Waals surface area contributed by atoms with E-state index in [1.807, 2.05) is 6.20 Å². The Kier molecular flexibility index (Phi) is 8.80. The molecular weight excluding hydrogens is 292 g/mol. The molecule has 1 fully saturated rings. The van der Waals surface area contributed by atoms with Crippen molar-refractivity contribution < 1.29 is 4.48 Å². The van der Waals surface area contributed by atoms with Gasteiger partial charge < -0.3 is 4.48 Å². The third kappa shape index (κ3) is 6.20. The zero-order chi connectivity index (χ0) is 17.1. The van der Waals surface area contributed by atoms with Crippen LogP contribution in [0.15, 0.2) is 24.5 Å². The summed E-state index contributed by atoms with van der Waals surface area (Å²) in [6, 6.07) is 5.05. The van der Waals surface area contributed by atoms with Crippen LogP contribution >= 0.6 is 0 Å². The first kappa shape index (κ1) is 19.4. The maximum atomic E-state index is 4.34. The predicted molar refractivity (Wildman–Crippen MR) is 104 cm³/mol. The summed E-state index contributed by atoms with van der Waals surface area (Å²) in [7, 11) is 2.47. The van der Waals surface area contributed by atoms with Crippen molar-refractivity contribution in [2.24, 2.45) is 0 Å². The van der Waals surface area contributed by atoms with Gasteiger partial charge in [-0.1, -0.05) is 64.4 Å². The van der Waals surface area contributed by atoms with Gasteiger partial charge >= 0.3 is 0 Å². The van der Waals surface area contributed by atoms with E-state index >= 15 is 0 Å². The van der Waals surface area contributed by atoms with Gasteiger partial charge in [-0.05, 0) is 18.9 Å². The van der Waals surface area contributed by atoms with Crippen LogP contribution in [0.3, 0.4) is 0 Å². The van der Waals surface area contributed by atoms with Gasteiger partial charge in [0.05, 0.1) is 20.1 Å². The molecule has 0 spiro atoms. The number of hydrogen-bond acceptors (Lipinski definition) is 1. The average Bonchev–Trinajstić information content (AvgIpc) is 2.99. The fourth-order valence-corrected chi connectivity index (χ4v) is 4.44. The van der Waals surface area contributed by atoms with Gasteiger partial charge in [-0.15, -0.1) is 0 Å². The van der Waals surface area contributed by atoms with Crippen LogP contribution in [0.25, 0.3) is 0 Å². The Labute approximate surface area is 150 Å². The molecule has 2 heteroatoms.